The Kier molecular flexibility index (Phi) is 7.17. The number of hydrogen-bond acceptors (Lipinski definition) is 5. The number of nitrogens with two attached hydrogens (primary N) is 1. The van der Waals surface area contributed by atoms with Crippen molar-refractivity contribution in [3.05, 3.63) is 127 Å². The molecule has 0 saturated carbocycles. The first kappa shape index (κ1) is 24.9. The van der Waals surface area contributed by atoms with Gasteiger partial charge in [0.2, 0.25) is 5.71 Å². The van der Waals surface area contributed by atoms with E-state index in [-0.39, 0.29) is 0 Å². The largest absolute Gasteiger partial charge is 0.437 e. The van der Waals surface area contributed by atoms with Crippen LogP contribution in [0, 0.1) is 0 Å². The van der Waals surface area contributed by atoms with Crippen molar-refractivity contribution in [2.75, 3.05) is 17.2 Å². The van der Waals surface area contributed by atoms with Crippen molar-refractivity contribution in [3.63, 3.8) is 0 Å². The highest BCUT2D eigenvalue weighted by atomic mass is 16.3. The van der Waals surface area contributed by atoms with Crippen LogP contribution in [0.1, 0.15) is 5.56 Å². The van der Waals surface area contributed by atoms with Gasteiger partial charge in [-0.2, -0.15) is 0 Å². The van der Waals surface area contributed by atoms with E-state index in [2.05, 4.69) is 49.9 Å². The van der Waals surface area contributed by atoms with Gasteiger partial charge in [0.15, 0.2) is 5.96 Å². The van der Waals surface area contributed by atoms with Crippen LogP contribution in [0.2, 0.25) is 0 Å². The fraction of sp³-hybridized carbons (Fsp3) is 0.0606. The fourth-order valence-corrected chi connectivity index (χ4v) is 4.64. The minimum Gasteiger partial charge on any atom is -0.437 e. The van der Waals surface area contributed by atoms with Crippen molar-refractivity contribution >= 4 is 34.3 Å². The Morgan fingerprint density at radius 2 is 1.40 bits per heavy atom. The maximum atomic E-state index is 6.31. The molecule has 7 heteroatoms. The molecule has 0 spiro atoms. The Morgan fingerprint density at radius 1 is 0.750 bits per heavy atom. The van der Waals surface area contributed by atoms with Crippen LogP contribution < -0.4 is 16.4 Å². The lowest BCUT2D eigenvalue weighted by atomic mass is 9.99. The topological polar surface area (TPSA) is 101 Å². The van der Waals surface area contributed by atoms with Gasteiger partial charge in [-0.1, -0.05) is 91.0 Å². The van der Waals surface area contributed by atoms with Crippen LogP contribution in [0.3, 0.4) is 0 Å². The van der Waals surface area contributed by atoms with E-state index in [0.717, 1.165) is 51.5 Å². The standard InChI is InChI=1S/C33H28N6O/c34-33(38-26-14-8-3-9-15-26)39-27-18-16-23(17-19-27)20-21-35-31-29-28(24-10-4-1-5-11-24)30(25-12-6-2-7-13-25)40-32(29)37-22-36-31/h1-19,22H,20-21H2,(H3,34,38,39)(H,35,36,37). The number of rotatable bonds is 8. The van der Waals surface area contributed by atoms with E-state index in [0.29, 0.717) is 18.2 Å². The lowest BCUT2D eigenvalue weighted by Gasteiger charge is -2.09. The van der Waals surface area contributed by atoms with Crippen LogP contribution >= 0.6 is 0 Å². The van der Waals surface area contributed by atoms with Crippen LogP contribution in [-0.4, -0.2) is 22.5 Å². The summed E-state index contributed by atoms with van der Waals surface area (Å²) in [5.74, 6) is 1.87. The quantitative estimate of drug-likeness (QED) is 0.143. The molecule has 0 saturated heterocycles. The van der Waals surface area contributed by atoms with Crippen LogP contribution in [-0.2, 0) is 6.42 Å². The van der Waals surface area contributed by atoms with Gasteiger partial charge >= 0.3 is 0 Å². The Labute approximate surface area is 232 Å². The summed E-state index contributed by atoms with van der Waals surface area (Å²) in [5, 5.41) is 7.49. The maximum absolute atomic E-state index is 6.31. The number of anilines is 2. The lowest BCUT2D eigenvalue weighted by Crippen LogP contribution is -2.21. The Balaban J connectivity index is 1.20. The first-order chi connectivity index (χ1) is 19.7. The van der Waals surface area contributed by atoms with Gasteiger partial charge in [0.05, 0.1) is 11.1 Å². The molecule has 7 nitrogen and oxygen atoms in total. The predicted octanol–water partition coefficient (Wildman–Crippen LogP) is 7.27. The van der Waals surface area contributed by atoms with Gasteiger partial charge in [0, 0.05) is 23.4 Å². The van der Waals surface area contributed by atoms with Crippen LogP contribution in [0.25, 0.3) is 33.6 Å². The van der Waals surface area contributed by atoms with Gasteiger partial charge in [-0.3, -0.25) is 0 Å². The van der Waals surface area contributed by atoms with Gasteiger partial charge < -0.3 is 20.8 Å². The minimum atomic E-state index is 0.345. The van der Waals surface area contributed by atoms with Gasteiger partial charge in [-0.25, -0.2) is 15.0 Å². The summed E-state index contributed by atoms with van der Waals surface area (Å²) in [4.78, 5) is 13.5. The van der Waals surface area contributed by atoms with Crippen LogP contribution in [0.5, 0.6) is 0 Å². The second-order valence-corrected chi connectivity index (χ2v) is 9.27. The summed E-state index contributed by atoms with van der Waals surface area (Å²) in [6.07, 6.45) is 2.34. The van der Waals surface area contributed by atoms with E-state index in [4.69, 9.17) is 10.2 Å². The average molecular weight is 525 g/mol. The van der Waals surface area contributed by atoms with Crippen LogP contribution in [0.15, 0.2) is 131 Å². The number of aliphatic imine (C=N–C) groups is 1. The van der Waals surface area contributed by atoms with E-state index in [1.807, 2.05) is 91.0 Å². The average Bonchev–Trinajstić information content (AvgIpc) is 3.40. The maximum Gasteiger partial charge on any atom is 0.232 e. The van der Waals surface area contributed by atoms with Crippen LogP contribution in [0.4, 0.5) is 17.2 Å². The molecule has 2 heterocycles. The number of furan rings is 1. The second kappa shape index (κ2) is 11.5. The summed E-state index contributed by atoms with van der Waals surface area (Å²) in [6.45, 7) is 0.687. The molecule has 6 rings (SSSR count). The number of benzene rings is 4. The van der Waals surface area contributed by atoms with E-state index in [9.17, 15) is 0 Å². The number of aromatic nitrogens is 2. The molecule has 196 valence electrons. The normalized spacial score (nSPS) is 11.4. The van der Waals surface area contributed by atoms with Crippen molar-refractivity contribution in [2.45, 2.75) is 6.42 Å². The van der Waals surface area contributed by atoms with Gasteiger partial charge in [0.25, 0.3) is 0 Å². The molecule has 0 unspecified atom stereocenters. The summed E-state index contributed by atoms with van der Waals surface area (Å²) in [7, 11) is 0. The number of para-hydroxylation sites is 1. The Morgan fingerprint density at radius 3 is 2.10 bits per heavy atom. The number of fused-ring (bicyclic) bond motifs is 1. The molecule has 0 bridgehead atoms. The zero-order chi connectivity index (χ0) is 27.1. The Hall–Kier alpha value is -5.43. The second-order valence-electron chi connectivity index (χ2n) is 9.27. The first-order valence-electron chi connectivity index (χ1n) is 13.1. The highest BCUT2D eigenvalue weighted by molar-refractivity contribution is 6.05. The summed E-state index contributed by atoms with van der Waals surface area (Å²) in [6, 6.07) is 38.1. The molecule has 0 fully saturated rings. The molecule has 0 aliphatic carbocycles. The number of nitrogens with zero attached hydrogens (tertiary/aromatic N) is 3. The third-order valence-electron chi connectivity index (χ3n) is 6.52. The van der Waals surface area contributed by atoms with Crippen molar-refractivity contribution < 1.29 is 4.42 Å². The van der Waals surface area contributed by atoms with E-state index in [1.165, 1.54) is 5.56 Å². The molecule has 4 N–H and O–H groups in total. The van der Waals surface area contributed by atoms with E-state index in [1.54, 1.807) is 6.33 Å². The van der Waals surface area contributed by atoms with Crippen molar-refractivity contribution in [2.24, 2.45) is 10.7 Å². The third-order valence-corrected chi connectivity index (χ3v) is 6.52. The van der Waals surface area contributed by atoms with E-state index >= 15 is 0 Å². The molecule has 0 radical (unpaired) electrons. The molecule has 0 aliphatic heterocycles. The highest BCUT2D eigenvalue weighted by Crippen LogP contribution is 2.42. The zero-order valence-electron chi connectivity index (χ0n) is 21.8. The smallest absolute Gasteiger partial charge is 0.232 e. The fourth-order valence-electron chi connectivity index (χ4n) is 4.64. The van der Waals surface area contributed by atoms with Crippen molar-refractivity contribution in [1.82, 2.24) is 9.97 Å². The monoisotopic (exact) mass is 524 g/mol. The first-order valence-corrected chi connectivity index (χ1v) is 13.1. The number of guanidine groups is 1. The highest BCUT2D eigenvalue weighted by Gasteiger charge is 2.21. The van der Waals surface area contributed by atoms with Gasteiger partial charge in [-0.15, -0.1) is 0 Å². The SMILES string of the molecule is NC(=Nc1ccc(CCNc2ncnc3oc(-c4ccccc4)c(-c4ccccc4)c23)cc1)Nc1ccccc1. The van der Waals surface area contributed by atoms with Gasteiger partial charge in [-0.05, 0) is 41.8 Å². The zero-order valence-corrected chi connectivity index (χ0v) is 21.8. The summed E-state index contributed by atoms with van der Waals surface area (Å²) < 4.78 is 6.31. The number of hydrogen-bond donors (Lipinski definition) is 3. The molecular formula is C33H28N6O. The molecule has 0 atom stereocenters. The molecule has 6 aromatic rings. The molecule has 0 aliphatic rings. The predicted molar refractivity (Wildman–Crippen MR) is 163 cm³/mol. The molecular weight excluding hydrogens is 496 g/mol. The summed E-state index contributed by atoms with van der Waals surface area (Å²) >= 11 is 0. The van der Waals surface area contributed by atoms with E-state index < -0.39 is 0 Å². The number of nitrogens with one attached hydrogen (secondary N) is 2. The molecule has 0 amide bonds. The molecule has 2 aromatic heterocycles. The minimum absolute atomic E-state index is 0.345. The Bertz CT molecular complexity index is 1730. The molecule has 40 heavy (non-hydrogen) atoms. The summed E-state index contributed by atoms with van der Waals surface area (Å²) in [5.41, 5.74) is 12.5. The third kappa shape index (κ3) is 5.54. The van der Waals surface area contributed by atoms with Crippen molar-refractivity contribution in [3.8, 4) is 22.5 Å². The molecule has 4 aromatic carbocycles. The van der Waals surface area contributed by atoms with Crippen molar-refractivity contribution in [1.29, 1.82) is 0 Å². The van der Waals surface area contributed by atoms with Gasteiger partial charge in [0.1, 0.15) is 17.9 Å². The lowest BCUT2D eigenvalue weighted by molar-refractivity contribution is 0.618.